The topological polar surface area (TPSA) is 64.6 Å². The number of Topliss-reactive ketones (excluding diaryl/α,β-unsaturated/α-hetero) is 1. The maximum absolute atomic E-state index is 12.5. The van der Waals surface area contributed by atoms with Crippen LogP contribution in [0.3, 0.4) is 0 Å². The van der Waals surface area contributed by atoms with Gasteiger partial charge in [0.1, 0.15) is 17.1 Å². The summed E-state index contributed by atoms with van der Waals surface area (Å²) in [6.45, 7) is 9.72. The molecule has 5 nitrogen and oxygen atoms in total. The Labute approximate surface area is 166 Å². The van der Waals surface area contributed by atoms with Gasteiger partial charge in [0.15, 0.2) is 11.9 Å². The van der Waals surface area contributed by atoms with Gasteiger partial charge in [0.2, 0.25) is 0 Å². The Morgan fingerprint density at radius 1 is 1.11 bits per heavy atom. The molecule has 1 amide bonds. The zero-order valence-corrected chi connectivity index (χ0v) is 17.0. The molecule has 0 spiro atoms. The van der Waals surface area contributed by atoms with Gasteiger partial charge >= 0.3 is 0 Å². The van der Waals surface area contributed by atoms with Crippen LogP contribution in [0.15, 0.2) is 42.5 Å². The Balaban J connectivity index is 1.66. The van der Waals surface area contributed by atoms with Gasteiger partial charge in [-0.25, -0.2) is 0 Å². The number of anilines is 1. The Bertz CT molecular complexity index is 884. The van der Waals surface area contributed by atoms with Gasteiger partial charge in [-0.05, 0) is 62.6 Å². The van der Waals surface area contributed by atoms with Gasteiger partial charge in [-0.2, -0.15) is 0 Å². The number of fused-ring (bicyclic) bond motifs is 1. The van der Waals surface area contributed by atoms with Crippen LogP contribution in [-0.4, -0.2) is 23.4 Å². The summed E-state index contributed by atoms with van der Waals surface area (Å²) >= 11 is 0. The maximum atomic E-state index is 12.5. The molecular weight excluding hydrogens is 354 g/mol. The number of hydrogen-bond acceptors (Lipinski definition) is 4. The molecule has 28 heavy (non-hydrogen) atoms. The second-order valence-electron chi connectivity index (χ2n) is 8.15. The lowest BCUT2D eigenvalue weighted by molar-refractivity contribution is -0.122. The summed E-state index contributed by atoms with van der Waals surface area (Å²) in [5.74, 6) is 1.36. The van der Waals surface area contributed by atoms with Crippen LogP contribution in [-0.2, 0) is 4.79 Å². The Morgan fingerprint density at radius 3 is 2.43 bits per heavy atom. The third kappa shape index (κ3) is 4.53. The summed E-state index contributed by atoms with van der Waals surface area (Å²) in [5.41, 5.74) is 1.75. The Hall–Kier alpha value is -2.82. The molecule has 0 aromatic heterocycles. The number of carbonyl (C=O) groups is 2. The minimum absolute atomic E-state index is 0.0110. The number of carbonyl (C=O) groups excluding carboxylic acids is 2. The van der Waals surface area contributed by atoms with Crippen LogP contribution in [0.25, 0.3) is 0 Å². The molecule has 2 aromatic rings. The number of ketones is 1. The molecule has 1 aliphatic rings. The SMILES string of the molecule is CC(Oc1ccc(C(C)C)cc1)C(=O)Nc1ccc2c(c1)C(=O)CC(C)(C)O2. The van der Waals surface area contributed by atoms with Crippen molar-refractivity contribution in [2.75, 3.05) is 5.32 Å². The van der Waals surface area contributed by atoms with Crippen molar-refractivity contribution in [1.29, 1.82) is 0 Å². The first-order valence-electron chi connectivity index (χ1n) is 9.58. The first-order valence-corrected chi connectivity index (χ1v) is 9.58. The second kappa shape index (κ2) is 7.66. The molecule has 0 fully saturated rings. The quantitative estimate of drug-likeness (QED) is 0.795. The van der Waals surface area contributed by atoms with Crippen molar-refractivity contribution in [3.8, 4) is 11.5 Å². The van der Waals surface area contributed by atoms with E-state index in [0.717, 1.165) is 0 Å². The molecular formula is C23H27NO4. The van der Waals surface area contributed by atoms with E-state index in [1.165, 1.54) is 5.56 Å². The number of hydrogen-bond donors (Lipinski definition) is 1. The lowest BCUT2D eigenvalue weighted by Gasteiger charge is -2.31. The summed E-state index contributed by atoms with van der Waals surface area (Å²) in [6, 6.07) is 12.9. The van der Waals surface area contributed by atoms with Gasteiger partial charge in [0.25, 0.3) is 5.91 Å². The van der Waals surface area contributed by atoms with E-state index >= 15 is 0 Å². The van der Waals surface area contributed by atoms with Crippen LogP contribution in [0.2, 0.25) is 0 Å². The highest BCUT2D eigenvalue weighted by Crippen LogP contribution is 2.34. The lowest BCUT2D eigenvalue weighted by Crippen LogP contribution is -2.36. The predicted molar refractivity (Wildman–Crippen MR) is 109 cm³/mol. The summed E-state index contributed by atoms with van der Waals surface area (Å²) in [6.07, 6.45) is -0.365. The van der Waals surface area contributed by atoms with Crippen LogP contribution in [0.4, 0.5) is 5.69 Å². The van der Waals surface area contributed by atoms with Crippen molar-refractivity contribution in [2.45, 2.75) is 58.7 Å². The maximum Gasteiger partial charge on any atom is 0.265 e. The molecule has 2 aromatic carbocycles. The van der Waals surface area contributed by atoms with Gasteiger partial charge in [0.05, 0.1) is 12.0 Å². The molecule has 0 radical (unpaired) electrons. The molecule has 0 saturated heterocycles. The second-order valence-corrected chi connectivity index (χ2v) is 8.15. The number of amides is 1. The van der Waals surface area contributed by atoms with Crippen LogP contribution in [0.5, 0.6) is 11.5 Å². The van der Waals surface area contributed by atoms with Crippen molar-refractivity contribution < 1.29 is 19.1 Å². The fourth-order valence-corrected chi connectivity index (χ4v) is 3.16. The average molecular weight is 381 g/mol. The van der Waals surface area contributed by atoms with Crippen molar-refractivity contribution in [1.82, 2.24) is 0 Å². The smallest absolute Gasteiger partial charge is 0.265 e. The summed E-state index contributed by atoms with van der Waals surface area (Å²) in [5, 5.41) is 2.81. The van der Waals surface area contributed by atoms with E-state index in [0.29, 0.717) is 35.1 Å². The molecule has 0 aliphatic carbocycles. The molecule has 1 atom stereocenters. The molecule has 148 valence electrons. The normalized spacial score (nSPS) is 16.1. The zero-order chi connectivity index (χ0) is 20.5. The first-order chi connectivity index (χ1) is 13.1. The molecule has 5 heteroatoms. The minimum Gasteiger partial charge on any atom is -0.487 e. The van der Waals surface area contributed by atoms with Crippen molar-refractivity contribution in [3.63, 3.8) is 0 Å². The Kier molecular flexibility index (Phi) is 5.45. The van der Waals surface area contributed by atoms with E-state index in [1.54, 1.807) is 25.1 Å². The van der Waals surface area contributed by atoms with Gasteiger partial charge in [-0.3, -0.25) is 9.59 Å². The van der Waals surface area contributed by atoms with Crippen molar-refractivity contribution >= 4 is 17.4 Å². The Morgan fingerprint density at radius 2 is 1.79 bits per heavy atom. The summed E-state index contributed by atoms with van der Waals surface area (Å²) in [4.78, 5) is 24.9. The molecule has 1 aliphatic heterocycles. The van der Waals surface area contributed by atoms with E-state index in [1.807, 2.05) is 38.1 Å². The first kappa shape index (κ1) is 19.9. The van der Waals surface area contributed by atoms with Gasteiger partial charge < -0.3 is 14.8 Å². The highest BCUT2D eigenvalue weighted by atomic mass is 16.5. The van der Waals surface area contributed by atoms with Crippen LogP contribution in [0.1, 0.15) is 62.9 Å². The highest BCUT2D eigenvalue weighted by Gasteiger charge is 2.32. The van der Waals surface area contributed by atoms with Gasteiger partial charge in [-0.15, -0.1) is 0 Å². The third-order valence-corrected chi connectivity index (χ3v) is 4.75. The summed E-state index contributed by atoms with van der Waals surface area (Å²) < 4.78 is 11.6. The van der Waals surface area contributed by atoms with Crippen molar-refractivity contribution in [2.24, 2.45) is 0 Å². The third-order valence-electron chi connectivity index (χ3n) is 4.75. The monoisotopic (exact) mass is 381 g/mol. The lowest BCUT2D eigenvalue weighted by atomic mass is 9.93. The number of nitrogens with one attached hydrogen (secondary N) is 1. The highest BCUT2D eigenvalue weighted by molar-refractivity contribution is 6.02. The van der Waals surface area contributed by atoms with Crippen molar-refractivity contribution in [3.05, 3.63) is 53.6 Å². The van der Waals surface area contributed by atoms with E-state index in [4.69, 9.17) is 9.47 Å². The predicted octanol–water partition coefficient (Wildman–Crippen LogP) is 4.96. The molecule has 1 N–H and O–H groups in total. The van der Waals surface area contributed by atoms with Crippen LogP contribution >= 0.6 is 0 Å². The molecule has 1 heterocycles. The van der Waals surface area contributed by atoms with Crippen LogP contribution < -0.4 is 14.8 Å². The molecule has 0 saturated carbocycles. The number of benzene rings is 2. The number of rotatable bonds is 5. The van der Waals surface area contributed by atoms with Gasteiger partial charge in [-0.1, -0.05) is 26.0 Å². The van der Waals surface area contributed by atoms with E-state index < -0.39 is 11.7 Å². The van der Waals surface area contributed by atoms with Gasteiger partial charge in [0, 0.05) is 5.69 Å². The fraction of sp³-hybridized carbons (Fsp3) is 0.391. The molecule has 0 bridgehead atoms. The molecule has 1 unspecified atom stereocenters. The minimum atomic E-state index is -0.674. The van der Waals surface area contributed by atoms with Crippen LogP contribution in [0, 0.1) is 0 Å². The molecule has 3 rings (SSSR count). The summed E-state index contributed by atoms with van der Waals surface area (Å²) in [7, 11) is 0. The fourth-order valence-electron chi connectivity index (χ4n) is 3.16. The average Bonchev–Trinajstić information content (AvgIpc) is 2.62. The van der Waals surface area contributed by atoms with E-state index in [-0.39, 0.29) is 11.7 Å². The zero-order valence-electron chi connectivity index (χ0n) is 17.0. The number of ether oxygens (including phenoxy) is 2. The van der Waals surface area contributed by atoms with E-state index in [9.17, 15) is 9.59 Å². The van der Waals surface area contributed by atoms with E-state index in [2.05, 4.69) is 19.2 Å². The largest absolute Gasteiger partial charge is 0.487 e. The standard InChI is InChI=1S/C23H27NO4/c1-14(2)16-6-9-18(10-7-16)27-15(3)22(26)24-17-8-11-21-19(12-17)20(25)13-23(4,5)28-21/h6-12,14-15H,13H2,1-5H3,(H,24,26).